The number of carbonyl (C=O) groups excluding carboxylic acids is 1. The van der Waals surface area contributed by atoms with E-state index < -0.39 is 5.60 Å². The summed E-state index contributed by atoms with van der Waals surface area (Å²) in [5.41, 5.74) is -0.378. The average Bonchev–Trinajstić information content (AvgIpc) is 2.37. The fourth-order valence-corrected chi connectivity index (χ4v) is 2.73. The highest BCUT2D eigenvalue weighted by Crippen LogP contribution is 2.26. The maximum Gasteiger partial charge on any atom is 0.246 e. The van der Waals surface area contributed by atoms with Gasteiger partial charge in [0.15, 0.2) is 0 Å². The molecule has 3 nitrogen and oxygen atoms in total. The molecule has 1 aromatic carbocycles. The third-order valence-electron chi connectivity index (χ3n) is 3.36. The quantitative estimate of drug-likeness (QED) is 0.855. The van der Waals surface area contributed by atoms with Gasteiger partial charge in [0.25, 0.3) is 0 Å². The summed E-state index contributed by atoms with van der Waals surface area (Å²) in [6.45, 7) is 2.70. The Hall–Kier alpha value is -1.20. The molecule has 1 heterocycles. The van der Waals surface area contributed by atoms with Gasteiger partial charge in [-0.25, -0.2) is 4.39 Å². The van der Waals surface area contributed by atoms with Gasteiger partial charge in [-0.1, -0.05) is 29.3 Å². The standard InChI is InChI=1S/C15H17BrFNO2/c1-2-7-15(20)9-18(10-15)14(19)6-3-11-8-12(16)4-5-13(11)17/h3-6,8,20H,2,7,9-10H2,1H3. The number of aliphatic hydroxyl groups is 1. The summed E-state index contributed by atoms with van der Waals surface area (Å²) in [6, 6.07) is 4.56. The molecule has 1 aromatic rings. The Morgan fingerprint density at radius 1 is 1.55 bits per heavy atom. The Bertz CT molecular complexity index is 539. The fourth-order valence-electron chi connectivity index (χ4n) is 2.35. The number of carbonyl (C=O) groups is 1. The topological polar surface area (TPSA) is 40.5 Å². The summed E-state index contributed by atoms with van der Waals surface area (Å²) >= 11 is 3.26. The third kappa shape index (κ3) is 3.46. The van der Waals surface area contributed by atoms with Gasteiger partial charge in [0, 0.05) is 16.1 Å². The summed E-state index contributed by atoms with van der Waals surface area (Å²) < 4.78 is 14.3. The molecule has 0 spiro atoms. The Morgan fingerprint density at radius 2 is 2.25 bits per heavy atom. The summed E-state index contributed by atoms with van der Waals surface area (Å²) in [6.07, 6.45) is 4.38. The Labute approximate surface area is 126 Å². The van der Waals surface area contributed by atoms with Crippen molar-refractivity contribution in [3.05, 3.63) is 40.1 Å². The van der Waals surface area contributed by atoms with Crippen LogP contribution < -0.4 is 0 Å². The van der Waals surface area contributed by atoms with Crippen LogP contribution in [0.5, 0.6) is 0 Å². The fraction of sp³-hybridized carbons (Fsp3) is 0.400. The zero-order valence-corrected chi connectivity index (χ0v) is 12.9. The van der Waals surface area contributed by atoms with Gasteiger partial charge < -0.3 is 10.0 Å². The lowest BCUT2D eigenvalue weighted by Gasteiger charge is -2.46. The molecule has 108 valence electrons. The molecule has 1 N–H and O–H groups in total. The van der Waals surface area contributed by atoms with E-state index in [2.05, 4.69) is 15.9 Å². The number of likely N-dealkylation sites (tertiary alicyclic amines) is 1. The lowest BCUT2D eigenvalue weighted by molar-refractivity contribution is -0.151. The SMILES string of the molecule is CCCC1(O)CN(C(=O)C=Cc2cc(Br)ccc2F)C1. The van der Waals surface area contributed by atoms with Crippen molar-refractivity contribution in [1.29, 1.82) is 0 Å². The minimum atomic E-state index is -0.737. The normalized spacial score (nSPS) is 17.3. The van der Waals surface area contributed by atoms with Crippen LogP contribution in [0.25, 0.3) is 6.08 Å². The van der Waals surface area contributed by atoms with Gasteiger partial charge in [-0.05, 0) is 30.7 Å². The Morgan fingerprint density at radius 3 is 2.90 bits per heavy atom. The van der Waals surface area contributed by atoms with Crippen LogP contribution >= 0.6 is 15.9 Å². The van der Waals surface area contributed by atoms with Crippen LogP contribution in [-0.2, 0) is 4.79 Å². The highest BCUT2D eigenvalue weighted by atomic mass is 79.9. The van der Waals surface area contributed by atoms with Gasteiger partial charge in [-0.15, -0.1) is 0 Å². The van der Waals surface area contributed by atoms with Gasteiger partial charge in [0.2, 0.25) is 5.91 Å². The molecular weight excluding hydrogens is 325 g/mol. The number of amides is 1. The van der Waals surface area contributed by atoms with Crippen LogP contribution in [0.1, 0.15) is 25.3 Å². The van der Waals surface area contributed by atoms with E-state index in [1.807, 2.05) is 6.92 Å². The summed E-state index contributed by atoms with van der Waals surface area (Å²) in [5.74, 6) is -0.575. The first-order valence-electron chi connectivity index (χ1n) is 6.58. The Balaban J connectivity index is 1.96. The van der Waals surface area contributed by atoms with Crippen molar-refractivity contribution in [2.75, 3.05) is 13.1 Å². The number of rotatable bonds is 4. The van der Waals surface area contributed by atoms with E-state index in [0.717, 1.165) is 10.9 Å². The van der Waals surface area contributed by atoms with Crippen molar-refractivity contribution >= 4 is 27.9 Å². The molecule has 0 bridgehead atoms. The van der Waals surface area contributed by atoms with Crippen LogP contribution in [0.15, 0.2) is 28.7 Å². The van der Waals surface area contributed by atoms with Gasteiger partial charge >= 0.3 is 0 Å². The highest BCUT2D eigenvalue weighted by molar-refractivity contribution is 9.10. The molecule has 1 aliphatic heterocycles. The van der Waals surface area contributed by atoms with Crippen LogP contribution in [0.4, 0.5) is 4.39 Å². The number of β-amino-alcohol motifs (C(OH)–C–C–N with tert-alkyl or cyclic N) is 1. The number of halogens is 2. The molecule has 1 fully saturated rings. The predicted molar refractivity (Wildman–Crippen MR) is 79.6 cm³/mol. The largest absolute Gasteiger partial charge is 0.386 e. The first kappa shape index (κ1) is 15.2. The third-order valence-corrected chi connectivity index (χ3v) is 3.85. The lowest BCUT2D eigenvalue weighted by atomic mass is 9.89. The number of benzene rings is 1. The minimum Gasteiger partial charge on any atom is -0.386 e. The predicted octanol–water partition coefficient (Wildman–Crippen LogP) is 2.97. The maximum absolute atomic E-state index is 13.5. The summed E-state index contributed by atoms with van der Waals surface area (Å²) in [5, 5.41) is 10.0. The molecule has 0 unspecified atom stereocenters. The van der Waals surface area contributed by atoms with Crippen molar-refractivity contribution in [3.63, 3.8) is 0 Å². The maximum atomic E-state index is 13.5. The van der Waals surface area contributed by atoms with Gasteiger partial charge in [0.05, 0.1) is 18.7 Å². The number of nitrogens with zero attached hydrogens (tertiary/aromatic N) is 1. The van der Waals surface area contributed by atoms with E-state index in [1.165, 1.54) is 18.2 Å². The van der Waals surface area contributed by atoms with E-state index >= 15 is 0 Å². The minimum absolute atomic E-state index is 0.204. The second-order valence-corrected chi connectivity index (χ2v) is 6.08. The van der Waals surface area contributed by atoms with E-state index in [0.29, 0.717) is 25.1 Å². The molecule has 5 heteroatoms. The molecule has 1 aliphatic rings. The van der Waals surface area contributed by atoms with Crippen molar-refractivity contribution in [3.8, 4) is 0 Å². The van der Waals surface area contributed by atoms with E-state index in [4.69, 9.17) is 0 Å². The van der Waals surface area contributed by atoms with E-state index in [1.54, 1.807) is 17.0 Å². The van der Waals surface area contributed by atoms with Crippen molar-refractivity contribution < 1.29 is 14.3 Å². The number of hydrogen-bond donors (Lipinski definition) is 1. The van der Waals surface area contributed by atoms with Crippen LogP contribution in [0.2, 0.25) is 0 Å². The summed E-state index contributed by atoms with van der Waals surface area (Å²) in [7, 11) is 0. The molecular formula is C15H17BrFNO2. The molecule has 2 rings (SSSR count). The average molecular weight is 342 g/mol. The van der Waals surface area contributed by atoms with Crippen LogP contribution in [0, 0.1) is 5.82 Å². The molecule has 0 saturated carbocycles. The lowest BCUT2D eigenvalue weighted by Crippen LogP contribution is -2.63. The van der Waals surface area contributed by atoms with E-state index in [9.17, 15) is 14.3 Å². The molecule has 1 saturated heterocycles. The highest BCUT2D eigenvalue weighted by Gasteiger charge is 2.41. The smallest absolute Gasteiger partial charge is 0.246 e. The first-order chi connectivity index (χ1) is 9.43. The number of hydrogen-bond acceptors (Lipinski definition) is 2. The molecule has 0 atom stereocenters. The molecule has 0 aliphatic carbocycles. The molecule has 0 aromatic heterocycles. The van der Waals surface area contributed by atoms with Crippen LogP contribution in [-0.4, -0.2) is 34.6 Å². The molecule has 1 amide bonds. The van der Waals surface area contributed by atoms with Gasteiger partial charge in [0.1, 0.15) is 5.82 Å². The van der Waals surface area contributed by atoms with Crippen molar-refractivity contribution in [1.82, 2.24) is 4.90 Å². The van der Waals surface area contributed by atoms with Gasteiger partial charge in [-0.2, -0.15) is 0 Å². The monoisotopic (exact) mass is 341 g/mol. The second kappa shape index (κ2) is 6.06. The zero-order chi connectivity index (χ0) is 14.8. The summed E-state index contributed by atoms with van der Waals surface area (Å²) in [4.78, 5) is 13.4. The second-order valence-electron chi connectivity index (χ2n) is 5.17. The zero-order valence-electron chi connectivity index (χ0n) is 11.3. The molecule has 20 heavy (non-hydrogen) atoms. The van der Waals surface area contributed by atoms with Gasteiger partial charge in [-0.3, -0.25) is 4.79 Å². The van der Waals surface area contributed by atoms with Crippen molar-refractivity contribution in [2.24, 2.45) is 0 Å². The first-order valence-corrected chi connectivity index (χ1v) is 7.37. The van der Waals surface area contributed by atoms with Crippen LogP contribution in [0.3, 0.4) is 0 Å². The van der Waals surface area contributed by atoms with Crippen molar-refractivity contribution in [2.45, 2.75) is 25.4 Å². The van der Waals surface area contributed by atoms with E-state index in [-0.39, 0.29) is 11.7 Å². The molecule has 0 radical (unpaired) electrons. The Kier molecular flexibility index (Phi) is 4.60.